The average molecular weight is 257 g/mol. The van der Waals surface area contributed by atoms with Gasteiger partial charge in [0.05, 0.1) is 6.61 Å². The van der Waals surface area contributed by atoms with Crippen molar-refractivity contribution in [3.05, 3.63) is 0 Å². The van der Waals surface area contributed by atoms with Crippen LogP contribution in [0, 0.1) is 5.92 Å². The Hall–Kier alpha value is -1.10. The monoisotopic (exact) mass is 257 g/mol. The third-order valence-corrected chi connectivity index (χ3v) is 3.46. The van der Waals surface area contributed by atoms with E-state index in [1.54, 1.807) is 0 Å². The van der Waals surface area contributed by atoms with E-state index in [1.807, 2.05) is 13.8 Å². The van der Waals surface area contributed by atoms with Crippen LogP contribution in [0.5, 0.6) is 0 Å². The van der Waals surface area contributed by atoms with Gasteiger partial charge in [-0.1, -0.05) is 19.8 Å². The van der Waals surface area contributed by atoms with Crippen molar-refractivity contribution in [2.24, 2.45) is 5.92 Å². The molecule has 1 amide bonds. The number of aliphatic carboxylic acids is 1. The fourth-order valence-electron chi connectivity index (χ4n) is 2.55. The zero-order valence-electron chi connectivity index (χ0n) is 11.2. The van der Waals surface area contributed by atoms with Crippen molar-refractivity contribution in [2.45, 2.75) is 51.5 Å². The zero-order valence-corrected chi connectivity index (χ0v) is 11.2. The maximum Gasteiger partial charge on any atom is 0.329 e. The first-order valence-corrected chi connectivity index (χ1v) is 6.62. The highest BCUT2D eigenvalue weighted by Crippen LogP contribution is 2.32. The molecule has 0 bridgehead atoms. The molecule has 0 heterocycles. The summed E-state index contributed by atoms with van der Waals surface area (Å²) >= 11 is 0. The summed E-state index contributed by atoms with van der Waals surface area (Å²) in [5, 5.41) is 12.1. The number of carboxylic acid groups (broad SMARTS) is 1. The molecule has 0 aromatic rings. The van der Waals surface area contributed by atoms with Gasteiger partial charge in [0, 0.05) is 13.0 Å². The number of ether oxygens (including phenoxy) is 1. The molecule has 1 fully saturated rings. The zero-order chi connectivity index (χ0) is 13.6. The predicted octanol–water partition coefficient (Wildman–Crippen LogP) is 1.56. The second kappa shape index (κ2) is 6.73. The van der Waals surface area contributed by atoms with Crippen LogP contribution in [0.2, 0.25) is 0 Å². The molecule has 0 aliphatic heterocycles. The summed E-state index contributed by atoms with van der Waals surface area (Å²) in [5.41, 5.74) is -1.07. The van der Waals surface area contributed by atoms with E-state index in [1.165, 1.54) is 0 Å². The number of nitrogens with one attached hydrogen (secondary N) is 1. The van der Waals surface area contributed by atoms with E-state index in [0.29, 0.717) is 32.0 Å². The topological polar surface area (TPSA) is 75.6 Å². The Bertz CT molecular complexity index is 305. The van der Waals surface area contributed by atoms with Crippen molar-refractivity contribution in [1.29, 1.82) is 0 Å². The van der Waals surface area contributed by atoms with E-state index < -0.39 is 11.5 Å². The van der Waals surface area contributed by atoms with Crippen molar-refractivity contribution in [3.63, 3.8) is 0 Å². The highest BCUT2D eigenvalue weighted by molar-refractivity contribution is 5.87. The van der Waals surface area contributed by atoms with Gasteiger partial charge in [0.15, 0.2) is 0 Å². The summed E-state index contributed by atoms with van der Waals surface area (Å²) in [7, 11) is 0. The van der Waals surface area contributed by atoms with E-state index in [9.17, 15) is 14.7 Å². The minimum atomic E-state index is -1.07. The number of amides is 1. The second-order valence-corrected chi connectivity index (χ2v) is 5.08. The standard InChI is InChI=1S/C13H23NO4/c1-3-18-8-6-11(15)14-13(12(16)17)7-4-5-10(2)9-13/h10H,3-9H2,1-2H3,(H,14,15)(H,16,17). The number of carboxylic acids is 1. The highest BCUT2D eigenvalue weighted by Gasteiger charge is 2.42. The van der Waals surface area contributed by atoms with Crippen molar-refractivity contribution in [2.75, 3.05) is 13.2 Å². The maximum absolute atomic E-state index is 11.7. The van der Waals surface area contributed by atoms with Gasteiger partial charge in [-0.05, 0) is 25.7 Å². The van der Waals surface area contributed by atoms with Gasteiger partial charge in [-0.2, -0.15) is 0 Å². The molecule has 104 valence electrons. The van der Waals surface area contributed by atoms with Crippen molar-refractivity contribution in [3.8, 4) is 0 Å². The van der Waals surface area contributed by atoms with Gasteiger partial charge in [0.25, 0.3) is 0 Å². The molecule has 18 heavy (non-hydrogen) atoms. The lowest BCUT2D eigenvalue weighted by atomic mass is 9.76. The molecule has 1 saturated carbocycles. The molecule has 2 atom stereocenters. The molecule has 0 radical (unpaired) electrons. The number of carbonyl (C=O) groups is 2. The average Bonchev–Trinajstić information content (AvgIpc) is 2.29. The Morgan fingerprint density at radius 2 is 2.22 bits per heavy atom. The number of rotatable bonds is 6. The Balaban J connectivity index is 2.57. The van der Waals surface area contributed by atoms with Crippen molar-refractivity contribution < 1.29 is 19.4 Å². The lowest BCUT2D eigenvalue weighted by molar-refractivity contribution is -0.150. The van der Waals surface area contributed by atoms with Gasteiger partial charge in [-0.3, -0.25) is 4.79 Å². The second-order valence-electron chi connectivity index (χ2n) is 5.08. The molecule has 0 saturated heterocycles. The molecule has 0 aromatic heterocycles. The molecule has 0 spiro atoms. The van der Waals surface area contributed by atoms with E-state index in [2.05, 4.69) is 5.32 Å². The summed E-state index contributed by atoms with van der Waals surface area (Å²) < 4.78 is 5.10. The minimum Gasteiger partial charge on any atom is -0.480 e. The van der Waals surface area contributed by atoms with Crippen LogP contribution >= 0.6 is 0 Å². The lowest BCUT2D eigenvalue weighted by Crippen LogP contribution is -2.56. The summed E-state index contributed by atoms with van der Waals surface area (Å²) in [6, 6.07) is 0. The van der Waals surface area contributed by atoms with E-state index >= 15 is 0 Å². The Labute approximate surface area is 108 Å². The molecule has 2 N–H and O–H groups in total. The van der Waals surface area contributed by atoms with Crippen LogP contribution in [0.3, 0.4) is 0 Å². The third-order valence-electron chi connectivity index (χ3n) is 3.46. The van der Waals surface area contributed by atoms with Crippen molar-refractivity contribution in [1.82, 2.24) is 5.32 Å². The van der Waals surface area contributed by atoms with Crippen LogP contribution < -0.4 is 5.32 Å². The Morgan fingerprint density at radius 3 is 2.78 bits per heavy atom. The molecular weight excluding hydrogens is 234 g/mol. The van der Waals surface area contributed by atoms with E-state index in [-0.39, 0.29) is 12.3 Å². The predicted molar refractivity (Wildman–Crippen MR) is 67.3 cm³/mol. The quantitative estimate of drug-likeness (QED) is 0.708. The molecule has 5 nitrogen and oxygen atoms in total. The fraction of sp³-hybridized carbons (Fsp3) is 0.846. The largest absolute Gasteiger partial charge is 0.480 e. The normalized spacial score (nSPS) is 27.8. The highest BCUT2D eigenvalue weighted by atomic mass is 16.5. The first-order valence-electron chi connectivity index (χ1n) is 6.62. The van der Waals surface area contributed by atoms with Gasteiger partial charge in [0.2, 0.25) is 5.91 Å². The number of hydrogen-bond donors (Lipinski definition) is 2. The van der Waals surface area contributed by atoms with Crippen molar-refractivity contribution >= 4 is 11.9 Å². The van der Waals surface area contributed by atoms with E-state index in [4.69, 9.17) is 4.74 Å². The van der Waals surface area contributed by atoms with Crippen LogP contribution in [0.15, 0.2) is 0 Å². The minimum absolute atomic E-state index is 0.219. The fourth-order valence-corrected chi connectivity index (χ4v) is 2.55. The summed E-state index contributed by atoms with van der Waals surface area (Å²) in [4.78, 5) is 23.2. The van der Waals surface area contributed by atoms with Crippen LogP contribution in [-0.2, 0) is 14.3 Å². The molecule has 2 unspecified atom stereocenters. The molecule has 5 heteroatoms. The molecular formula is C13H23NO4. The van der Waals surface area contributed by atoms with Crippen LogP contribution in [-0.4, -0.2) is 35.7 Å². The maximum atomic E-state index is 11.7. The molecule has 0 aromatic carbocycles. The third kappa shape index (κ3) is 3.98. The molecule has 1 rings (SSSR count). The number of hydrogen-bond acceptors (Lipinski definition) is 3. The number of carbonyl (C=O) groups excluding carboxylic acids is 1. The summed E-state index contributed by atoms with van der Waals surface area (Å²) in [6.07, 6.45) is 3.13. The molecule has 1 aliphatic carbocycles. The summed E-state index contributed by atoms with van der Waals surface area (Å²) in [5.74, 6) is -0.819. The van der Waals surface area contributed by atoms with Gasteiger partial charge in [-0.25, -0.2) is 4.79 Å². The molecule has 1 aliphatic rings. The lowest BCUT2D eigenvalue weighted by Gasteiger charge is -2.37. The van der Waals surface area contributed by atoms with Gasteiger partial charge in [0.1, 0.15) is 5.54 Å². The smallest absolute Gasteiger partial charge is 0.329 e. The summed E-state index contributed by atoms with van der Waals surface area (Å²) in [6.45, 7) is 4.80. The van der Waals surface area contributed by atoms with Gasteiger partial charge >= 0.3 is 5.97 Å². The van der Waals surface area contributed by atoms with Gasteiger partial charge in [-0.15, -0.1) is 0 Å². The SMILES string of the molecule is CCOCCC(=O)NC1(C(=O)O)CCCC(C)C1. The van der Waals surface area contributed by atoms with Crippen LogP contribution in [0.25, 0.3) is 0 Å². The Kier molecular flexibility index (Phi) is 5.59. The van der Waals surface area contributed by atoms with Crippen LogP contribution in [0.1, 0.15) is 46.0 Å². The van der Waals surface area contributed by atoms with Gasteiger partial charge < -0.3 is 15.2 Å². The van der Waals surface area contributed by atoms with Crippen LogP contribution in [0.4, 0.5) is 0 Å². The Morgan fingerprint density at radius 1 is 1.50 bits per heavy atom. The van der Waals surface area contributed by atoms with E-state index in [0.717, 1.165) is 12.8 Å². The first-order chi connectivity index (χ1) is 8.50. The first kappa shape index (κ1) is 15.0.